The summed E-state index contributed by atoms with van der Waals surface area (Å²) in [4.78, 5) is 37.8. The maximum atomic E-state index is 12.9. The van der Waals surface area contributed by atoms with Gasteiger partial charge in [0.15, 0.2) is 0 Å². The molecular weight excluding hydrogens is 374 g/mol. The van der Waals surface area contributed by atoms with Gasteiger partial charge in [0, 0.05) is 19.1 Å². The van der Waals surface area contributed by atoms with Crippen LogP contribution in [0.3, 0.4) is 0 Å². The fourth-order valence-corrected chi connectivity index (χ4v) is 3.31. The number of rotatable bonds is 3. The summed E-state index contributed by atoms with van der Waals surface area (Å²) < 4.78 is 12.7. The van der Waals surface area contributed by atoms with Crippen molar-refractivity contribution in [3.8, 4) is 5.88 Å². The molecule has 8 nitrogen and oxygen atoms in total. The first kappa shape index (κ1) is 18.8. The summed E-state index contributed by atoms with van der Waals surface area (Å²) in [5, 5.41) is 0.420. The molecule has 0 saturated carbocycles. The van der Waals surface area contributed by atoms with Crippen LogP contribution < -0.4 is 21.7 Å². The molecule has 1 atom stereocenters. The zero-order valence-electron chi connectivity index (χ0n) is 15.0. The molecule has 27 heavy (non-hydrogen) atoms. The maximum absolute atomic E-state index is 12.9. The van der Waals surface area contributed by atoms with Gasteiger partial charge in [-0.2, -0.15) is 0 Å². The van der Waals surface area contributed by atoms with Crippen LogP contribution in [-0.2, 0) is 23.6 Å². The lowest BCUT2D eigenvalue weighted by Crippen LogP contribution is -2.43. The van der Waals surface area contributed by atoms with Crippen LogP contribution in [0.15, 0.2) is 45.3 Å². The van der Waals surface area contributed by atoms with Gasteiger partial charge in [0.1, 0.15) is 5.57 Å². The average molecular weight is 392 g/mol. The largest absolute Gasteiger partial charge is 0.462 e. The Morgan fingerprint density at radius 2 is 2.00 bits per heavy atom. The molecule has 142 valence electrons. The first-order valence-electron chi connectivity index (χ1n) is 8.17. The van der Waals surface area contributed by atoms with Crippen molar-refractivity contribution in [3.05, 3.63) is 72.7 Å². The van der Waals surface area contributed by atoms with Gasteiger partial charge in [-0.3, -0.25) is 13.9 Å². The second-order valence-electron chi connectivity index (χ2n) is 6.01. The lowest BCUT2D eigenvalue weighted by atomic mass is 9.84. The van der Waals surface area contributed by atoms with Crippen LogP contribution in [0, 0.1) is 0 Å². The number of fused-ring (bicyclic) bond motifs is 1. The van der Waals surface area contributed by atoms with Crippen molar-refractivity contribution in [1.82, 2.24) is 9.13 Å². The zero-order valence-corrected chi connectivity index (χ0v) is 15.7. The summed E-state index contributed by atoms with van der Waals surface area (Å²) in [6, 6.07) is 6.69. The molecule has 0 bridgehead atoms. The number of ether oxygens (including phenoxy) is 2. The fourth-order valence-electron chi connectivity index (χ4n) is 3.11. The highest BCUT2D eigenvalue weighted by atomic mass is 35.5. The fraction of sp³-hybridized carbons (Fsp3) is 0.278. The Labute approximate surface area is 159 Å². The first-order valence-corrected chi connectivity index (χ1v) is 8.55. The summed E-state index contributed by atoms with van der Waals surface area (Å²) in [7, 11) is 2.81. The second-order valence-corrected chi connectivity index (χ2v) is 6.45. The minimum Gasteiger partial charge on any atom is -0.462 e. The Morgan fingerprint density at radius 1 is 1.30 bits per heavy atom. The summed E-state index contributed by atoms with van der Waals surface area (Å²) in [6.07, 6.45) is 0. The molecule has 1 aromatic heterocycles. The Kier molecular flexibility index (Phi) is 4.84. The third kappa shape index (κ3) is 3.02. The number of hydrogen-bond acceptors (Lipinski definition) is 6. The quantitative estimate of drug-likeness (QED) is 0.782. The number of esters is 1. The van der Waals surface area contributed by atoms with E-state index in [1.165, 1.54) is 18.7 Å². The van der Waals surface area contributed by atoms with Gasteiger partial charge in [0.2, 0.25) is 11.8 Å². The standard InChI is InChI=1S/C18H18ClN3O5/c1-4-26-17(24)12-11(9-6-5-7-10(19)8-9)13-15(23)21(2)18(25)22(3)16(13)27-14(12)20/h5-8,11H,4,20H2,1-3H3/t11-/m0/s1. The number of nitrogens with two attached hydrogens (primary N) is 1. The van der Waals surface area contributed by atoms with Crippen LogP contribution in [0.2, 0.25) is 5.02 Å². The Hall–Kier alpha value is -3.00. The van der Waals surface area contributed by atoms with Crippen LogP contribution in [0.5, 0.6) is 5.88 Å². The molecule has 0 fully saturated rings. The molecule has 3 rings (SSSR count). The lowest BCUT2D eigenvalue weighted by Gasteiger charge is -2.29. The average Bonchev–Trinajstić information content (AvgIpc) is 2.63. The number of nitrogens with zero attached hydrogens (tertiary/aromatic N) is 2. The summed E-state index contributed by atoms with van der Waals surface area (Å²) in [5.41, 5.74) is 5.48. The third-order valence-electron chi connectivity index (χ3n) is 4.37. The van der Waals surface area contributed by atoms with Gasteiger partial charge in [0.25, 0.3) is 5.56 Å². The van der Waals surface area contributed by atoms with Crippen LogP contribution in [0.4, 0.5) is 0 Å². The van der Waals surface area contributed by atoms with E-state index in [4.69, 9.17) is 26.8 Å². The van der Waals surface area contributed by atoms with E-state index in [0.29, 0.717) is 10.6 Å². The van der Waals surface area contributed by atoms with Gasteiger partial charge in [-0.25, -0.2) is 9.59 Å². The highest BCUT2D eigenvalue weighted by Gasteiger charge is 2.39. The molecule has 0 radical (unpaired) electrons. The summed E-state index contributed by atoms with van der Waals surface area (Å²) in [5.74, 6) is -1.84. The molecule has 1 aromatic carbocycles. The van der Waals surface area contributed by atoms with Crippen molar-refractivity contribution in [2.75, 3.05) is 6.61 Å². The molecule has 0 unspecified atom stereocenters. The maximum Gasteiger partial charge on any atom is 0.340 e. The van der Waals surface area contributed by atoms with Gasteiger partial charge < -0.3 is 15.2 Å². The third-order valence-corrected chi connectivity index (χ3v) is 4.61. The van der Waals surface area contributed by atoms with Gasteiger partial charge in [-0.15, -0.1) is 0 Å². The number of hydrogen-bond donors (Lipinski definition) is 1. The molecule has 2 N–H and O–H groups in total. The molecule has 0 aliphatic carbocycles. The van der Waals surface area contributed by atoms with E-state index in [-0.39, 0.29) is 29.5 Å². The van der Waals surface area contributed by atoms with E-state index in [0.717, 1.165) is 4.57 Å². The molecule has 2 aromatic rings. The van der Waals surface area contributed by atoms with Gasteiger partial charge >= 0.3 is 11.7 Å². The number of halogens is 1. The number of carbonyl (C=O) groups is 1. The molecular formula is C18H18ClN3O5. The summed E-state index contributed by atoms with van der Waals surface area (Å²) >= 11 is 6.11. The summed E-state index contributed by atoms with van der Waals surface area (Å²) in [6.45, 7) is 1.78. The van der Waals surface area contributed by atoms with E-state index < -0.39 is 23.1 Å². The number of aromatic nitrogens is 2. The van der Waals surface area contributed by atoms with Crippen molar-refractivity contribution < 1.29 is 14.3 Å². The second kappa shape index (κ2) is 6.96. The highest BCUT2D eigenvalue weighted by molar-refractivity contribution is 6.30. The minimum absolute atomic E-state index is 0.0117. The Bertz CT molecular complexity index is 1080. The molecule has 0 spiro atoms. The van der Waals surface area contributed by atoms with Gasteiger partial charge in [-0.05, 0) is 24.6 Å². The van der Waals surface area contributed by atoms with Crippen LogP contribution >= 0.6 is 11.6 Å². The zero-order chi connectivity index (χ0) is 19.9. The van der Waals surface area contributed by atoms with Crippen LogP contribution in [-0.4, -0.2) is 21.7 Å². The molecule has 1 aliphatic rings. The lowest BCUT2D eigenvalue weighted by molar-refractivity contribution is -0.139. The van der Waals surface area contributed by atoms with Crippen LogP contribution in [0.1, 0.15) is 24.0 Å². The smallest absolute Gasteiger partial charge is 0.340 e. The van der Waals surface area contributed by atoms with E-state index in [2.05, 4.69) is 0 Å². The number of carbonyl (C=O) groups excluding carboxylic acids is 1. The Balaban J connectivity index is 2.39. The molecule has 2 heterocycles. The topological polar surface area (TPSA) is 106 Å². The molecule has 0 saturated heterocycles. The van der Waals surface area contributed by atoms with Crippen molar-refractivity contribution in [1.29, 1.82) is 0 Å². The Morgan fingerprint density at radius 3 is 2.63 bits per heavy atom. The van der Waals surface area contributed by atoms with E-state index in [1.807, 2.05) is 0 Å². The van der Waals surface area contributed by atoms with E-state index >= 15 is 0 Å². The minimum atomic E-state index is -0.892. The van der Waals surface area contributed by atoms with E-state index in [1.54, 1.807) is 31.2 Å². The highest BCUT2D eigenvalue weighted by Crippen LogP contribution is 2.40. The van der Waals surface area contributed by atoms with Crippen molar-refractivity contribution in [2.24, 2.45) is 19.8 Å². The number of benzene rings is 1. The van der Waals surface area contributed by atoms with Crippen molar-refractivity contribution in [3.63, 3.8) is 0 Å². The molecule has 1 aliphatic heterocycles. The molecule has 0 amide bonds. The van der Waals surface area contributed by atoms with Crippen molar-refractivity contribution >= 4 is 17.6 Å². The normalized spacial score (nSPS) is 15.9. The van der Waals surface area contributed by atoms with Gasteiger partial charge in [-0.1, -0.05) is 23.7 Å². The SMILES string of the molecule is CCOC(=O)C1=C(N)Oc2c(c(=O)n(C)c(=O)n2C)[C@H]1c1cccc(Cl)c1. The molecule has 9 heteroatoms. The van der Waals surface area contributed by atoms with Crippen molar-refractivity contribution in [2.45, 2.75) is 12.8 Å². The van der Waals surface area contributed by atoms with E-state index in [9.17, 15) is 14.4 Å². The van der Waals surface area contributed by atoms with Gasteiger partial charge in [0.05, 0.1) is 18.1 Å². The predicted octanol–water partition coefficient (Wildman–Crippen LogP) is 0.995. The monoisotopic (exact) mass is 391 g/mol. The first-order chi connectivity index (χ1) is 12.8. The van der Waals surface area contributed by atoms with Crippen LogP contribution in [0.25, 0.3) is 0 Å². The predicted molar refractivity (Wildman–Crippen MR) is 98.7 cm³/mol.